The Hall–Kier alpha value is -2.66. The molecule has 1 fully saturated rings. The summed E-state index contributed by atoms with van der Waals surface area (Å²) in [7, 11) is -1.72. The number of nitriles is 1. The minimum absolute atomic E-state index is 0.248. The fourth-order valence-corrected chi connectivity index (χ4v) is 5.54. The second-order valence-corrected chi connectivity index (χ2v) is 10.3. The molecule has 7 heteroatoms. The summed E-state index contributed by atoms with van der Waals surface area (Å²) in [6, 6.07) is 16.4. The van der Waals surface area contributed by atoms with E-state index in [2.05, 4.69) is 36.8 Å². The summed E-state index contributed by atoms with van der Waals surface area (Å²) in [5.41, 5.74) is 2.43. The van der Waals surface area contributed by atoms with Crippen molar-refractivity contribution in [2.24, 2.45) is 0 Å². The lowest BCUT2D eigenvalue weighted by Gasteiger charge is -2.35. The maximum atomic E-state index is 13.5. The number of nitrogens with zero attached hydrogens (tertiary/aromatic N) is 4. The van der Waals surface area contributed by atoms with Crippen molar-refractivity contribution in [2.45, 2.75) is 30.7 Å². The molecule has 0 aliphatic carbocycles. The van der Waals surface area contributed by atoms with Crippen LogP contribution in [-0.2, 0) is 10.0 Å². The molecule has 0 amide bonds. The first-order chi connectivity index (χ1) is 14.8. The molecular weight excluding hydrogens is 408 g/mol. The molecule has 2 heterocycles. The first kappa shape index (κ1) is 21.6. The van der Waals surface area contributed by atoms with Crippen LogP contribution in [0.5, 0.6) is 0 Å². The molecule has 2 aromatic carbocycles. The third kappa shape index (κ3) is 3.99. The average molecular weight is 437 g/mol. The van der Waals surface area contributed by atoms with Gasteiger partial charge in [-0.05, 0) is 36.7 Å². The Kier molecular flexibility index (Phi) is 5.89. The van der Waals surface area contributed by atoms with Gasteiger partial charge in [0.05, 0.1) is 16.5 Å². The molecular formula is C24H28N4O2S. The number of likely N-dealkylation sites (N-methyl/N-ethyl adjacent to an activating group) is 1. The second-order valence-electron chi connectivity index (χ2n) is 8.50. The van der Waals surface area contributed by atoms with E-state index < -0.39 is 16.1 Å². The number of piperazine rings is 1. The van der Waals surface area contributed by atoms with E-state index in [-0.39, 0.29) is 4.90 Å². The Morgan fingerprint density at radius 3 is 2.23 bits per heavy atom. The Balaban J connectivity index is 1.80. The van der Waals surface area contributed by atoms with Crippen molar-refractivity contribution in [3.05, 3.63) is 65.9 Å². The zero-order chi connectivity index (χ0) is 22.2. The molecule has 1 saturated heterocycles. The Bertz CT molecular complexity index is 1210. The summed E-state index contributed by atoms with van der Waals surface area (Å²) in [5, 5.41) is 10.8. The van der Waals surface area contributed by atoms with Gasteiger partial charge in [-0.2, -0.15) is 5.26 Å². The maximum Gasteiger partial charge on any atom is 0.268 e. The van der Waals surface area contributed by atoms with E-state index in [4.69, 9.17) is 0 Å². The molecule has 1 atom stereocenters. The molecule has 3 aromatic rings. The minimum atomic E-state index is -3.79. The van der Waals surface area contributed by atoms with Crippen LogP contribution >= 0.6 is 0 Å². The number of hydrogen-bond donors (Lipinski definition) is 0. The van der Waals surface area contributed by atoms with Crippen LogP contribution in [-0.4, -0.2) is 55.4 Å². The first-order valence-corrected chi connectivity index (χ1v) is 12.0. The summed E-state index contributed by atoms with van der Waals surface area (Å²) in [4.78, 5) is 4.62. The molecule has 0 radical (unpaired) electrons. The third-order valence-electron chi connectivity index (χ3n) is 6.13. The average Bonchev–Trinajstić information content (AvgIpc) is 3.16. The molecule has 162 valence electrons. The van der Waals surface area contributed by atoms with Gasteiger partial charge < -0.3 is 4.90 Å². The van der Waals surface area contributed by atoms with E-state index in [1.165, 1.54) is 3.97 Å². The summed E-state index contributed by atoms with van der Waals surface area (Å²) in [5.74, 6) is 0.329. The standard InChI is InChI=1S/C24H28N4O2S/c1-18(2)19-8-10-20(11-9-19)31(29,30)28-17-22(21-6-4-5-7-23(21)28)24(16-25)27-14-12-26(3)13-15-27/h4-11,17-18,24H,12-15H2,1-3H3. The van der Waals surface area contributed by atoms with Gasteiger partial charge >= 0.3 is 0 Å². The van der Waals surface area contributed by atoms with E-state index in [1.54, 1.807) is 24.4 Å². The molecule has 1 aliphatic rings. The number of benzene rings is 2. The van der Waals surface area contributed by atoms with Crippen molar-refractivity contribution in [1.29, 1.82) is 5.26 Å². The predicted molar refractivity (Wildman–Crippen MR) is 122 cm³/mol. The van der Waals surface area contributed by atoms with E-state index in [0.29, 0.717) is 11.4 Å². The van der Waals surface area contributed by atoms with E-state index >= 15 is 0 Å². The lowest BCUT2D eigenvalue weighted by Crippen LogP contribution is -2.45. The normalized spacial score (nSPS) is 17.1. The fraction of sp³-hybridized carbons (Fsp3) is 0.375. The highest BCUT2D eigenvalue weighted by molar-refractivity contribution is 7.90. The smallest absolute Gasteiger partial charge is 0.268 e. The van der Waals surface area contributed by atoms with Crippen LogP contribution in [0, 0.1) is 11.3 Å². The SMILES string of the molecule is CC(C)c1ccc(S(=O)(=O)n2cc(C(C#N)N3CCN(C)CC3)c3ccccc32)cc1. The van der Waals surface area contributed by atoms with Gasteiger partial charge in [0, 0.05) is 43.3 Å². The number of aromatic nitrogens is 1. The molecule has 6 nitrogen and oxygen atoms in total. The summed E-state index contributed by atoms with van der Waals surface area (Å²) in [6.45, 7) is 7.48. The summed E-state index contributed by atoms with van der Waals surface area (Å²) < 4.78 is 28.4. The molecule has 1 unspecified atom stereocenters. The van der Waals surface area contributed by atoms with Crippen molar-refractivity contribution in [3.8, 4) is 6.07 Å². The summed E-state index contributed by atoms with van der Waals surface area (Å²) >= 11 is 0. The lowest BCUT2D eigenvalue weighted by molar-refractivity contribution is 0.133. The van der Waals surface area contributed by atoms with Crippen LogP contribution < -0.4 is 0 Å². The predicted octanol–water partition coefficient (Wildman–Crippen LogP) is 3.81. The monoisotopic (exact) mass is 436 g/mol. The molecule has 4 rings (SSSR count). The Labute approximate surface area is 184 Å². The highest BCUT2D eigenvalue weighted by atomic mass is 32.2. The molecule has 0 spiro atoms. The Morgan fingerprint density at radius 2 is 1.61 bits per heavy atom. The van der Waals surface area contributed by atoms with E-state index in [0.717, 1.165) is 42.7 Å². The van der Waals surface area contributed by atoms with Crippen molar-refractivity contribution in [3.63, 3.8) is 0 Å². The number of para-hydroxylation sites is 1. The van der Waals surface area contributed by atoms with Crippen molar-refractivity contribution >= 4 is 20.9 Å². The van der Waals surface area contributed by atoms with Gasteiger partial charge in [-0.1, -0.05) is 44.2 Å². The van der Waals surface area contributed by atoms with Crippen molar-refractivity contribution in [1.82, 2.24) is 13.8 Å². The van der Waals surface area contributed by atoms with Crippen LogP contribution in [0.3, 0.4) is 0 Å². The largest absolute Gasteiger partial charge is 0.304 e. The van der Waals surface area contributed by atoms with Crippen LogP contribution in [0.15, 0.2) is 59.6 Å². The molecule has 0 bridgehead atoms. The van der Waals surface area contributed by atoms with Crippen molar-refractivity contribution < 1.29 is 8.42 Å². The lowest BCUT2D eigenvalue weighted by atomic mass is 10.0. The molecule has 1 aromatic heterocycles. The van der Waals surface area contributed by atoms with Crippen LogP contribution in [0.4, 0.5) is 0 Å². The minimum Gasteiger partial charge on any atom is -0.304 e. The molecule has 1 aliphatic heterocycles. The second kappa shape index (κ2) is 8.46. The van der Waals surface area contributed by atoms with Crippen LogP contribution in [0.2, 0.25) is 0 Å². The Morgan fingerprint density at radius 1 is 0.968 bits per heavy atom. The number of hydrogen-bond acceptors (Lipinski definition) is 5. The van der Waals surface area contributed by atoms with Crippen LogP contribution in [0.1, 0.15) is 36.9 Å². The first-order valence-electron chi connectivity index (χ1n) is 10.6. The zero-order valence-corrected chi connectivity index (χ0v) is 19.0. The van der Waals surface area contributed by atoms with Gasteiger partial charge in [0.1, 0.15) is 6.04 Å². The highest BCUT2D eigenvalue weighted by Crippen LogP contribution is 2.33. The number of rotatable bonds is 5. The third-order valence-corrected chi connectivity index (χ3v) is 7.82. The highest BCUT2D eigenvalue weighted by Gasteiger charge is 2.29. The molecule has 0 N–H and O–H groups in total. The van der Waals surface area contributed by atoms with Gasteiger partial charge in [-0.3, -0.25) is 4.90 Å². The van der Waals surface area contributed by atoms with Gasteiger partial charge in [0.25, 0.3) is 10.0 Å². The zero-order valence-electron chi connectivity index (χ0n) is 18.2. The topological polar surface area (TPSA) is 69.3 Å². The van der Waals surface area contributed by atoms with Crippen molar-refractivity contribution in [2.75, 3.05) is 33.2 Å². The van der Waals surface area contributed by atoms with E-state index in [9.17, 15) is 13.7 Å². The van der Waals surface area contributed by atoms with Gasteiger partial charge in [0.15, 0.2) is 0 Å². The van der Waals surface area contributed by atoms with Gasteiger partial charge in [-0.15, -0.1) is 0 Å². The van der Waals surface area contributed by atoms with Gasteiger partial charge in [0.2, 0.25) is 0 Å². The molecule has 31 heavy (non-hydrogen) atoms. The quantitative estimate of drug-likeness (QED) is 0.608. The van der Waals surface area contributed by atoms with Gasteiger partial charge in [-0.25, -0.2) is 12.4 Å². The van der Waals surface area contributed by atoms with E-state index in [1.807, 2.05) is 30.3 Å². The van der Waals surface area contributed by atoms with Crippen LogP contribution in [0.25, 0.3) is 10.9 Å². The maximum absolute atomic E-state index is 13.5. The summed E-state index contributed by atoms with van der Waals surface area (Å²) in [6.07, 6.45) is 1.64. The number of fused-ring (bicyclic) bond motifs is 1. The fourth-order valence-electron chi connectivity index (χ4n) is 4.16. The molecule has 0 saturated carbocycles.